The molecule has 4 rings (SSSR count). The zero-order valence-corrected chi connectivity index (χ0v) is 19.4. The van der Waals surface area contributed by atoms with Crippen molar-refractivity contribution in [1.82, 2.24) is 9.97 Å². The van der Waals surface area contributed by atoms with Gasteiger partial charge < -0.3 is 19.3 Å². The summed E-state index contributed by atoms with van der Waals surface area (Å²) < 4.78 is 17.1. The molecule has 2 aromatic carbocycles. The van der Waals surface area contributed by atoms with Crippen LogP contribution in [-0.2, 0) is 6.54 Å². The van der Waals surface area contributed by atoms with Crippen molar-refractivity contribution in [2.24, 2.45) is 0 Å². The number of carboxylic acid groups (broad SMARTS) is 1. The Morgan fingerprint density at radius 1 is 0.941 bits per heavy atom. The maximum atomic E-state index is 12.0. The molecule has 0 aliphatic carbocycles. The molecular formula is C26H25N3O5. The number of benzene rings is 2. The van der Waals surface area contributed by atoms with E-state index in [-0.39, 0.29) is 6.54 Å². The first-order chi connectivity index (χ1) is 16.4. The highest BCUT2D eigenvalue weighted by atomic mass is 16.5. The molecule has 2 heterocycles. The van der Waals surface area contributed by atoms with Crippen molar-refractivity contribution in [1.29, 1.82) is 0 Å². The van der Waals surface area contributed by atoms with Crippen LogP contribution in [0.5, 0.6) is 23.0 Å². The summed E-state index contributed by atoms with van der Waals surface area (Å²) in [5, 5.41) is 10.6. The molecule has 0 saturated carbocycles. The van der Waals surface area contributed by atoms with Gasteiger partial charge >= 0.3 is 6.09 Å². The minimum absolute atomic E-state index is 0.195. The molecular weight excluding hydrogens is 434 g/mol. The smallest absolute Gasteiger partial charge is 0.412 e. The van der Waals surface area contributed by atoms with Crippen LogP contribution < -0.4 is 19.1 Å². The number of anilines is 1. The van der Waals surface area contributed by atoms with Gasteiger partial charge in [0.05, 0.1) is 32.0 Å². The average molecular weight is 460 g/mol. The molecule has 0 radical (unpaired) electrons. The molecule has 0 unspecified atom stereocenters. The van der Waals surface area contributed by atoms with E-state index in [1.807, 2.05) is 26.0 Å². The predicted molar refractivity (Wildman–Crippen MR) is 129 cm³/mol. The Hall–Kier alpha value is -4.33. The summed E-state index contributed by atoms with van der Waals surface area (Å²) in [6.45, 7) is 3.99. The molecule has 1 N–H and O–H groups in total. The number of fused-ring (bicyclic) bond motifs is 1. The van der Waals surface area contributed by atoms with E-state index in [4.69, 9.17) is 14.2 Å². The summed E-state index contributed by atoms with van der Waals surface area (Å²) in [6.07, 6.45) is 3.94. The van der Waals surface area contributed by atoms with Crippen LogP contribution in [0.25, 0.3) is 10.9 Å². The third-order valence-corrected chi connectivity index (χ3v) is 5.72. The van der Waals surface area contributed by atoms with Crippen LogP contribution in [0.4, 0.5) is 10.5 Å². The Morgan fingerprint density at radius 2 is 1.71 bits per heavy atom. The van der Waals surface area contributed by atoms with Gasteiger partial charge in [-0.25, -0.2) is 4.79 Å². The molecule has 0 atom stereocenters. The fraction of sp³-hybridized carbons (Fsp3) is 0.192. The van der Waals surface area contributed by atoms with Gasteiger partial charge in [-0.1, -0.05) is 6.07 Å². The van der Waals surface area contributed by atoms with E-state index in [9.17, 15) is 9.90 Å². The molecule has 8 nitrogen and oxygen atoms in total. The van der Waals surface area contributed by atoms with Crippen LogP contribution in [-0.4, -0.2) is 35.4 Å². The summed E-state index contributed by atoms with van der Waals surface area (Å²) in [7, 11) is 3.15. The molecule has 174 valence electrons. The predicted octanol–water partition coefficient (Wildman–Crippen LogP) is 5.74. The van der Waals surface area contributed by atoms with Crippen molar-refractivity contribution in [2.45, 2.75) is 20.4 Å². The number of ether oxygens (including phenoxy) is 3. The summed E-state index contributed by atoms with van der Waals surface area (Å²) in [6, 6.07) is 12.6. The lowest BCUT2D eigenvalue weighted by atomic mass is 10.1. The number of methoxy groups -OCH3 is 2. The number of hydrogen-bond donors (Lipinski definition) is 1. The molecule has 34 heavy (non-hydrogen) atoms. The first-order valence-corrected chi connectivity index (χ1v) is 10.6. The summed E-state index contributed by atoms with van der Waals surface area (Å²) >= 11 is 0. The monoisotopic (exact) mass is 459 g/mol. The van der Waals surface area contributed by atoms with E-state index >= 15 is 0 Å². The SMILES string of the molecule is COc1cc2nccc(Oc3ccc(N(Cc4cccnc4)C(=O)O)c(C)c3C)c2cc1OC. The van der Waals surface area contributed by atoms with Crippen LogP contribution in [0.15, 0.2) is 61.1 Å². The van der Waals surface area contributed by atoms with Gasteiger partial charge in [-0.3, -0.25) is 14.9 Å². The summed E-state index contributed by atoms with van der Waals surface area (Å²) in [5.41, 5.74) is 3.73. The quantitative estimate of drug-likeness (QED) is 0.376. The Bertz CT molecular complexity index is 1340. The lowest BCUT2D eigenvalue weighted by Gasteiger charge is -2.23. The fourth-order valence-corrected chi connectivity index (χ4v) is 3.77. The van der Waals surface area contributed by atoms with Crippen LogP contribution in [0, 0.1) is 13.8 Å². The molecule has 0 spiro atoms. The third-order valence-electron chi connectivity index (χ3n) is 5.72. The first kappa shape index (κ1) is 22.8. The molecule has 2 aromatic heterocycles. The van der Waals surface area contributed by atoms with E-state index < -0.39 is 6.09 Å². The number of pyridine rings is 2. The molecule has 8 heteroatoms. The second-order valence-corrected chi connectivity index (χ2v) is 7.70. The second-order valence-electron chi connectivity index (χ2n) is 7.70. The number of nitrogens with zero attached hydrogens (tertiary/aromatic N) is 3. The Labute approximate surface area is 197 Å². The molecule has 0 aliphatic rings. The molecule has 1 amide bonds. The number of hydrogen-bond acceptors (Lipinski definition) is 6. The van der Waals surface area contributed by atoms with Crippen LogP contribution >= 0.6 is 0 Å². The van der Waals surface area contributed by atoms with E-state index in [2.05, 4.69) is 9.97 Å². The topological polar surface area (TPSA) is 94.0 Å². The molecule has 0 bridgehead atoms. The molecule has 0 saturated heterocycles. The minimum Gasteiger partial charge on any atom is -0.493 e. The molecule has 0 aliphatic heterocycles. The Balaban J connectivity index is 1.70. The fourth-order valence-electron chi connectivity index (χ4n) is 3.77. The van der Waals surface area contributed by atoms with E-state index in [0.717, 1.165) is 22.1 Å². The summed E-state index contributed by atoms with van der Waals surface area (Å²) in [5.74, 6) is 2.38. The van der Waals surface area contributed by atoms with E-state index in [1.165, 1.54) is 4.90 Å². The van der Waals surface area contributed by atoms with E-state index in [1.54, 1.807) is 63.1 Å². The van der Waals surface area contributed by atoms with Crippen LogP contribution in [0.2, 0.25) is 0 Å². The van der Waals surface area contributed by atoms with Gasteiger partial charge in [-0.05, 0) is 60.9 Å². The first-order valence-electron chi connectivity index (χ1n) is 10.6. The van der Waals surface area contributed by atoms with Crippen LogP contribution in [0.3, 0.4) is 0 Å². The lowest BCUT2D eigenvalue weighted by molar-refractivity contribution is 0.201. The number of carbonyl (C=O) groups is 1. The van der Waals surface area contributed by atoms with Gasteiger partial charge in [-0.2, -0.15) is 0 Å². The normalized spacial score (nSPS) is 10.7. The highest BCUT2D eigenvalue weighted by molar-refractivity contribution is 5.89. The lowest BCUT2D eigenvalue weighted by Crippen LogP contribution is -2.29. The zero-order valence-electron chi connectivity index (χ0n) is 19.4. The maximum Gasteiger partial charge on any atom is 0.412 e. The summed E-state index contributed by atoms with van der Waals surface area (Å²) in [4.78, 5) is 21.8. The van der Waals surface area contributed by atoms with Crippen molar-refractivity contribution in [3.8, 4) is 23.0 Å². The average Bonchev–Trinajstić information content (AvgIpc) is 2.85. The number of aromatic nitrogens is 2. The largest absolute Gasteiger partial charge is 0.493 e. The van der Waals surface area contributed by atoms with Crippen molar-refractivity contribution in [2.75, 3.05) is 19.1 Å². The maximum absolute atomic E-state index is 12.0. The Morgan fingerprint density at radius 3 is 2.38 bits per heavy atom. The minimum atomic E-state index is -1.04. The molecule has 4 aromatic rings. The standard InChI is InChI=1S/C26H25N3O5/c1-16-17(2)22(8-7-21(16)29(26(30)31)15-18-6-5-10-27-14-18)34-23-9-11-28-20-13-25(33-4)24(32-3)12-19(20)23/h5-14H,15H2,1-4H3,(H,30,31). The highest BCUT2D eigenvalue weighted by Crippen LogP contribution is 2.39. The van der Waals surface area contributed by atoms with Crippen LogP contribution in [0.1, 0.15) is 16.7 Å². The number of rotatable bonds is 7. The van der Waals surface area contributed by atoms with Gasteiger partial charge in [0.1, 0.15) is 11.5 Å². The van der Waals surface area contributed by atoms with Crippen molar-refractivity contribution >= 4 is 22.7 Å². The number of amides is 1. The third kappa shape index (κ3) is 4.43. The molecule has 0 fully saturated rings. The van der Waals surface area contributed by atoms with Crippen molar-refractivity contribution in [3.63, 3.8) is 0 Å². The van der Waals surface area contributed by atoms with Gasteiger partial charge in [0.25, 0.3) is 0 Å². The van der Waals surface area contributed by atoms with E-state index in [0.29, 0.717) is 34.2 Å². The van der Waals surface area contributed by atoms with Gasteiger partial charge in [0.2, 0.25) is 0 Å². The van der Waals surface area contributed by atoms with Crippen molar-refractivity contribution in [3.05, 3.63) is 77.7 Å². The van der Waals surface area contributed by atoms with Gasteiger partial charge in [0.15, 0.2) is 11.5 Å². The Kier molecular flexibility index (Phi) is 6.49. The van der Waals surface area contributed by atoms with Gasteiger partial charge in [0, 0.05) is 30.0 Å². The highest BCUT2D eigenvalue weighted by Gasteiger charge is 2.20. The zero-order chi connectivity index (χ0) is 24.2. The van der Waals surface area contributed by atoms with Crippen molar-refractivity contribution < 1.29 is 24.1 Å². The second kappa shape index (κ2) is 9.66. The van der Waals surface area contributed by atoms with Gasteiger partial charge in [-0.15, -0.1) is 0 Å².